The van der Waals surface area contributed by atoms with Gasteiger partial charge in [0.15, 0.2) is 0 Å². The zero-order valence-electron chi connectivity index (χ0n) is 4.97. The van der Waals surface area contributed by atoms with Crippen molar-refractivity contribution in [2.45, 2.75) is 5.38 Å². The minimum Gasteiger partial charge on any atom is -0.114 e. The fourth-order valence-electron chi connectivity index (χ4n) is 1.09. The molecule has 0 aliphatic heterocycles. The molecule has 3 heteroatoms. The minimum atomic E-state index is 0. The van der Waals surface area contributed by atoms with Crippen LogP contribution in [0, 0.1) is 0 Å². The first-order chi connectivity index (χ1) is 4.29. The normalized spacial score (nSPS) is 27.0. The van der Waals surface area contributed by atoms with E-state index in [2.05, 4.69) is 0 Å². The van der Waals surface area contributed by atoms with E-state index >= 15 is 0 Å². The quantitative estimate of drug-likeness (QED) is 0.570. The fourth-order valence-corrected chi connectivity index (χ4v) is 1.77. The monoisotopic (exact) mass is 238 g/mol. The maximum Gasteiger partial charge on any atom is 0.0850 e. The molecule has 2 bridgehead atoms. The summed E-state index contributed by atoms with van der Waals surface area (Å²) in [6, 6.07) is 0. The zero-order valence-corrected chi connectivity index (χ0v) is 8.20. The second-order valence-electron chi connectivity index (χ2n) is 2.14. The number of fused-ring (bicyclic) bond motifs is 2. The van der Waals surface area contributed by atoms with E-state index in [0.717, 1.165) is 16.2 Å². The zero-order chi connectivity index (χ0) is 6.43. The maximum absolute atomic E-state index is 5.90. The molecule has 0 fully saturated rings. The van der Waals surface area contributed by atoms with Crippen molar-refractivity contribution in [1.29, 1.82) is 0 Å². The molecule has 0 aromatic carbocycles. The largest absolute Gasteiger partial charge is 0.114 e. The molecule has 1 atom stereocenters. The Hall–Kier alpha value is 0.280. The van der Waals surface area contributed by atoms with Crippen LogP contribution in [-0.2, 0) is 0 Å². The Morgan fingerprint density at radius 1 is 1.30 bits per heavy atom. The molecule has 0 aromatic rings. The van der Waals surface area contributed by atoms with Crippen LogP contribution in [0.15, 0.2) is 34.4 Å². The van der Waals surface area contributed by atoms with E-state index in [-0.39, 0.29) is 22.4 Å². The smallest absolute Gasteiger partial charge is 0.0850 e. The van der Waals surface area contributed by atoms with Crippen LogP contribution in [-0.4, -0.2) is 5.38 Å². The van der Waals surface area contributed by atoms with E-state index in [9.17, 15) is 0 Å². The van der Waals surface area contributed by atoms with Gasteiger partial charge in [0.05, 0.1) is 5.38 Å². The lowest BCUT2D eigenvalue weighted by molar-refractivity contribution is 1.32. The average molecular weight is 240 g/mol. The van der Waals surface area contributed by atoms with Gasteiger partial charge in [-0.05, 0) is 17.2 Å². The molecule has 2 rings (SSSR count). The first kappa shape index (κ1) is 8.38. The highest BCUT2D eigenvalue weighted by Gasteiger charge is 2.26. The first-order valence-electron chi connectivity index (χ1n) is 2.72. The first-order valence-corrected chi connectivity index (χ1v) is 3.54. The number of allylic oxidation sites excluding steroid dienone is 6. The summed E-state index contributed by atoms with van der Waals surface area (Å²) in [5.41, 5.74) is 2.17. The average Bonchev–Trinajstić information content (AvgIpc) is 2.25. The van der Waals surface area contributed by atoms with Gasteiger partial charge in [-0.2, -0.15) is 0 Å². The van der Waals surface area contributed by atoms with Crippen LogP contribution < -0.4 is 0 Å². The summed E-state index contributed by atoms with van der Waals surface area (Å²) in [6.45, 7) is 0. The molecular formula is C7H5BrCl2. The lowest BCUT2D eigenvalue weighted by Crippen LogP contribution is -1.90. The van der Waals surface area contributed by atoms with Crippen LogP contribution in [0.3, 0.4) is 0 Å². The summed E-state index contributed by atoms with van der Waals surface area (Å²) in [5.74, 6) is 0. The van der Waals surface area contributed by atoms with Crippen molar-refractivity contribution in [3.8, 4) is 0 Å². The van der Waals surface area contributed by atoms with Gasteiger partial charge in [0.25, 0.3) is 0 Å². The van der Waals surface area contributed by atoms with Crippen molar-refractivity contribution in [3.63, 3.8) is 0 Å². The molecule has 0 N–H and O–H groups in total. The standard InChI is InChI=1S/C7H4Cl2.BrH/c8-6-3-4-1-2-5(6)7(4)9;/h1-3,7H;1H. The molecular weight excluding hydrogens is 235 g/mol. The van der Waals surface area contributed by atoms with Gasteiger partial charge in [-0.1, -0.05) is 23.8 Å². The lowest BCUT2D eigenvalue weighted by atomic mass is 10.3. The van der Waals surface area contributed by atoms with E-state index in [1.165, 1.54) is 0 Å². The molecule has 0 amide bonds. The molecule has 10 heavy (non-hydrogen) atoms. The second-order valence-corrected chi connectivity index (χ2v) is 2.99. The van der Waals surface area contributed by atoms with Crippen LogP contribution in [0.4, 0.5) is 0 Å². The highest BCUT2D eigenvalue weighted by Crippen LogP contribution is 2.38. The van der Waals surface area contributed by atoms with Crippen molar-refractivity contribution in [3.05, 3.63) is 34.4 Å². The highest BCUT2D eigenvalue weighted by molar-refractivity contribution is 8.93. The molecule has 0 spiro atoms. The summed E-state index contributed by atoms with van der Waals surface area (Å²) >= 11 is 11.7. The van der Waals surface area contributed by atoms with Gasteiger partial charge in [-0.25, -0.2) is 0 Å². The van der Waals surface area contributed by atoms with Gasteiger partial charge in [-0.15, -0.1) is 28.6 Å². The molecule has 2 aliphatic carbocycles. The fraction of sp³-hybridized carbons (Fsp3) is 0.143. The molecule has 54 valence electrons. The number of halogens is 3. The Labute approximate surface area is 80.0 Å². The van der Waals surface area contributed by atoms with Gasteiger partial charge in [0.1, 0.15) is 0 Å². The molecule has 0 aromatic heterocycles. The predicted molar refractivity (Wildman–Crippen MR) is 50.1 cm³/mol. The molecule has 0 saturated heterocycles. The topological polar surface area (TPSA) is 0 Å². The maximum atomic E-state index is 5.90. The van der Waals surface area contributed by atoms with Crippen LogP contribution in [0.1, 0.15) is 0 Å². The lowest BCUT2D eigenvalue weighted by Gasteiger charge is -1.95. The van der Waals surface area contributed by atoms with Crippen molar-refractivity contribution < 1.29 is 0 Å². The predicted octanol–water partition coefficient (Wildman–Crippen LogP) is 3.17. The van der Waals surface area contributed by atoms with Gasteiger partial charge in [0.2, 0.25) is 0 Å². The number of hydrogen-bond acceptors (Lipinski definition) is 0. The summed E-state index contributed by atoms with van der Waals surface area (Å²) in [5, 5.41) is 0.838. The molecule has 0 radical (unpaired) electrons. The number of hydrogen-bond donors (Lipinski definition) is 0. The Bertz CT molecular complexity index is 250. The summed E-state index contributed by atoms with van der Waals surface area (Å²) in [6.07, 6.45) is 5.88. The van der Waals surface area contributed by atoms with Gasteiger partial charge in [0, 0.05) is 5.03 Å². The van der Waals surface area contributed by atoms with Gasteiger partial charge in [-0.3, -0.25) is 0 Å². The molecule has 0 saturated carbocycles. The van der Waals surface area contributed by atoms with Crippen LogP contribution in [0.2, 0.25) is 0 Å². The van der Waals surface area contributed by atoms with E-state index in [1.807, 2.05) is 18.2 Å². The Morgan fingerprint density at radius 3 is 2.20 bits per heavy atom. The molecule has 1 unspecified atom stereocenters. The Balaban J connectivity index is 0.000000500. The SMILES string of the molecule is Br.ClC1=C2C=CC(=C1)C2Cl. The van der Waals surface area contributed by atoms with Crippen molar-refractivity contribution in [1.82, 2.24) is 0 Å². The van der Waals surface area contributed by atoms with Crippen molar-refractivity contribution in [2.75, 3.05) is 0 Å². The third kappa shape index (κ3) is 0.969. The molecule has 2 aliphatic rings. The Morgan fingerprint density at radius 2 is 2.00 bits per heavy atom. The number of rotatable bonds is 0. The van der Waals surface area contributed by atoms with E-state index in [1.54, 1.807) is 0 Å². The van der Waals surface area contributed by atoms with E-state index < -0.39 is 0 Å². The van der Waals surface area contributed by atoms with Crippen LogP contribution in [0.5, 0.6) is 0 Å². The summed E-state index contributed by atoms with van der Waals surface area (Å²) in [4.78, 5) is 0. The van der Waals surface area contributed by atoms with E-state index in [0.29, 0.717) is 0 Å². The van der Waals surface area contributed by atoms with Crippen molar-refractivity contribution >= 4 is 40.2 Å². The Kier molecular flexibility index (Phi) is 2.28. The number of alkyl halides is 1. The molecule has 0 nitrogen and oxygen atoms in total. The summed E-state index contributed by atoms with van der Waals surface area (Å²) in [7, 11) is 0. The molecule has 0 heterocycles. The highest BCUT2D eigenvalue weighted by atomic mass is 79.9. The van der Waals surface area contributed by atoms with Crippen LogP contribution >= 0.6 is 40.2 Å². The summed E-state index contributed by atoms with van der Waals surface area (Å²) < 4.78 is 0. The van der Waals surface area contributed by atoms with Crippen LogP contribution in [0.25, 0.3) is 0 Å². The third-order valence-corrected chi connectivity index (χ3v) is 2.40. The van der Waals surface area contributed by atoms with E-state index in [4.69, 9.17) is 23.2 Å². The minimum absolute atomic E-state index is 0. The second kappa shape index (κ2) is 2.72. The van der Waals surface area contributed by atoms with Gasteiger partial charge < -0.3 is 0 Å². The third-order valence-electron chi connectivity index (χ3n) is 1.59. The van der Waals surface area contributed by atoms with Gasteiger partial charge >= 0.3 is 0 Å². The van der Waals surface area contributed by atoms with Crippen molar-refractivity contribution in [2.24, 2.45) is 0 Å².